The predicted octanol–water partition coefficient (Wildman–Crippen LogP) is 4.16. The van der Waals surface area contributed by atoms with E-state index < -0.39 is 23.8 Å². The molecule has 0 unspecified atom stereocenters. The third-order valence-corrected chi connectivity index (χ3v) is 6.05. The Kier molecular flexibility index (Phi) is 7.58. The normalized spacial score (nSPS) is 17.0. The van der Waals surface area contributed by atoms with Crippen LogP contribution in [0.1, 0.15) is 71.2 Å². The monoisotopic (exact) mass is 469 g/mol. The van der Waals surface area contributed by atoms with Crippen LogP contribution in [0.25, 0.3) is 0 Å². The predicted molar refractivity (Wildman–Crippen MR) is 133 cm³/mol. The zero-order valence-electron chi connectivity index (χ0n) is 21.2. The van der Waals surface area contributed by atoms with Crippen LogP contribution in [0, 0.1) is 0 Å². The minimum Gasteiger partial charge on any atom is -0.508 e. The maximum Gasteiger partial charge on any atom is 0.407 e. The summed E-state index contributed by atoms with van der Waals surface area (Å²) in [6.45, 7) is 12.2. The Labute approximate surface area is 203 Å². The van der Waals surface area contributed by atoms with E-state index in [1.807, 2.05) is 18.3 Å². The fraction of sp³-hybridized carbons (Fsp3) is 0.556. The van der Waals surface area contributed by atoms with Crippen LogP contribution >= 0.6 is 0 Å². The molecule has 1 aromatic carbocycles. The van der Waals surface area contributed by atoms with Crippen LogP contribution in [0.15, 0.2) is 42.6 Å². The SMILES string of the molecule is CC(C)(C)OC(=O)N[C@@H](Cc1cccc(O)c1)[C@@H](O)CNC1(c2cc(C(C)(C)C)ccn2)CC1. The highest BCUT2D eigenvalue weighted by Crippen LogP contribution is 2.45. The van der Waals surface area contributed by atoms with Gasteiger partial charge in [0.2, 0.25) is 0 Å². The van der Waals surface area contributed by atoms with Crippen LogP contribution in [-0.2, 0) is 22.1 Å². The average molecular weight is 470 g/mol. The van der Waals surface area contributed by atoms with Crippen molar-refractivity contribution in [2.75, 3.05) is 6.54 Å². The first-order valence-electron chi connectivity index (χ1n) is 11.9. The molecule has 1 aromatic heterocycles. The van der Waals surface area contributed by atoms with Crippen molar-refractivity contribution >= 4 is 6.09 Å². The highest BCUT2D eigenvalue weighted by Gasteiger charge is 2.46. The van der Waals surface area contributed by atoms with E-state index in [2.05, 4.69) is 42.5 Å². The zero-order valence-corrected chi connectivity index (χ0v) is 21.2. The van der Waals surface area contributed by atoms with Crippen LogP contribution in [0.2, 0.25) is 0 Å². The van der Waals surface area contributed by atoms with E-state index in [0.717, 1.165) is 24.1 Å². The molecule has 186 valence electrons. The fourth-order valence-electron chi connectivity index (χ4n) is 3.93. The van der Waals surface area contributed by atoms with Gasteiger partial charge in [0, 0.05) is 12.7 Å². The van der Waals surface area contributed by atoms with Gasteiger partial charge in [-0.1, -0.05) is 32.9 Å². The molecule has 1 heterocycles. The topological polar surface area (TPSA) is 104 Å². The third-order valence-electron chi connectivity index (χ3n) is 6.05. The number of phenols is 1. The third kappa shape index (κ3) is 7.18. The lowest BCUT2D eigenvalue weighted by atomic mass is 9.86. The van der Waals surface area contributed by atoms with Crippen LogP contribution in [-0.4, -0.2) is 45.6 Å². The number of aromatic nitrogens is 1. The molecule has 0 saturated heterocycles. The fourth-order valence-corrected chi connectivity index (χ4v) is 3.93. The largest absolute Gasteiger partial charge is 0.508 e. The molecule has 1 aliphatic rings. The van der Waals surface area contributed by atoms with Crippen molar-refractivity contribution in [1.82, 2.24) is 15.6 Å². The van der Waals surface area contributed by atoms with Gasteiger partial charge in [-0.05, 0) is 80.8 Å². The van der Waals surface area contributed by atoms with Gasteiger partial charge in [-0.25, -0.2) is 4.79 Å². The number of aromatic hydroxyl groups is 1. The van der Waals surface area contributed by atoms with Gasteiger partial charge >= 0.3 is 6.09 Å². The molecular formula is C27H39N3O4. The molecule has 4 N–H and O–H groups in total. The first kappa shape index (κ1) is 26.0. The van der Waals surface area contributed by atoms with Crippen molar-refractivity contribution in [2.45, 2.75) is 89.5 Å². The molecule has 1 amide bonds. The lowest BCUT2D eigenvalue weighted by molar-refractivity contribution is 0.0418. The van der Waals surface area contributed by atoms with Gasteiger partial charge in [0.25, 0.3) is 0 Å². The number of carbonyl (C=O) groups is 1. The summed E-state index contributed by atoms with van der Waals surface area (Å²) in [6, 6.07) is 10.4. The Bertz CT molecular complexity index is 990. The van der Waals surface area contributed by atoms with E-state index in [1.54, 1.807) is 39.0 Å². The molecule has 2 aromatic rings. The number of carbonyl (C=O) groups excluding carboxylic acids is 1. The maximum absolute atomic E-state index is 12.5. The summed E-state index contributed by atoms with van der Waals surface area (Å²) in [5.74, 6) is 0.142. The number of nitrogens with one attached hydrogen (secondary N) is 2. The Morgan fingerprint density at radius 2 is 1.85 bits per heavy atom. The van der Waals surface area contributed by atoms with Crippen molar-refractivity contribution in [2.24, 2.45) is 0 Å². The van der Waals surface area contributed by atoms with Gasteiger partial charge in [0.05, 0.1) is 23.4 Å². The molecule has 0 radical (unpaired) electrons. The number of aliphatic hydroxyl groups excluding tert-OH is 1. The number of rotatable bonds is 8. The standard InChI is InChI=1S/C27H39N3O4/c1-25(2,3)19-10-13-28-23(16-19)27(11-12-27)29-17-22(32)21(30-24(33)34-26(4,5)6)15-18-8-7-9-20(31)14-18/h7-10,13-14,16,21-22,29,31-32H,11-12,15,17H2,1-6H3,(H,30,33)/t21-,22-/m0/s1. The number of aliphatic hydroxyl groups is 1. The van der Waals surface area contributed by atoms with Crippen LogP contribution < -0.4 is 10.6 Å². The number of ether oxygens (including phenoxy) is 1. The highest BCUT2D eigenvalue weighted by atomic mass is 16.6. The number of amides is 1. The molecule has 34 heavy (non-hydrogen) atoms. The zero-order chi connectivity index (χ0) is 25.1. The van der Waals surface area contributed by atoms with Gasteiger partial charge in [-0.3, -0.25) is 4.98 Å². The lowest BCUT2D eigenvalue weighted by Gasteiger charge is -2.29. The van der Waals surface area contributed by atoms with Crippen LogP contribution in [0.3, 0.4) is 0 Å². The summed E-state index contributed by atoms with van der Waals surface area (Å²) in [5, 5.41) is 27.3. The van der Waals surface area contributed by atoms with Crippen molar-refractivity contribution in [3.05, 3.63) is 59.4 Å². The van der Waals surface area contributed by atoms with E-state index in [1.165, 1.54) is 5.56 Å². The number of pyridine rings is 1. The Balaban J connectivity index is 1.72. The van der Waals surface area contributed by atoms with Gasteiger partial charge < -0.3 is 25.6 Å². The minimum absolute atomic E-state index is 0.0248. The van der Waals surface area contributed by atoms with E-state index in [0.29, 0.717) is 6.42 Å². The number of nitrogens with zero attached hydrogens (tertiary/aromatic N) is 1. The molecule has 1 fully saturated rings. The molecule has 3 rings (SSSR count). The number of phenolic OH excluding ortho intramolecular Hbond substituents is 1. The van der Waals surface area contributed by atoms with Crippen LogP contribution in [0.4, 0.5) is 4.79 Å². The first-order chi connectivity index (χ1) is 15.8. The molecule has 0 bridgehead atoms. The quantitative estimate of drug-likeness (QED) is 0.463. The number of hydrogen-bond acceptors (Lipinski definition) is 6. The number of alkyl carbamates (subject to hydrolysis) is 1. The molecule has 7 nitrogen and oxygen atoms in total. The summed E-state index contributed by atoms with van der Waals surface area (Å²) in [4.78, 5) is 17.1. The summed E-state index contributed by atoms with van der Waals surface area (Å²) < 4.78 is 5.41. The molecule has 0 spiro atoms. The van der Waals surface area contributed by atoms with E-state index >= 15 is 0 Å². The van der Waals surface area contributed by atoms with Gasteiger partial charge in [-0.2, -0.15) is 0 Å². The van der Waals surface area contributed by atoms with Gasteiger partial charge in [0.1, 0.15) is 11.4 Å². The van der Waals surface area contributed by atoms with E-state index in [9.17, 15) is 15.0 Å². The lowest BCUT2D eigenvalue weighted by Crippen LogP contribution is -2.51. The van der Waals surface area contributed by atoms with Gasteiger partial charge in [0.15, 0.2) is 0 Å². The number of benzene rings is 1. The van der Waals surface area contributed by atoms with Crippen molar-refractivity contribution in [3.63, 3.8) is 0 Å². The molecule has 1 aliphatic carbocycles. The summed E-state index contributed by atoms with van der Waals surface area (Å²) in [7, 11) is 0. The Morgan fingerprint density at radius 3 is 2.44 bits per heavy atom. The molecule has 0 aliphatic heterocycles. The molecule has 7 heteroatoms. The van der Waals surface area contributed by atoms with Gasteiger partial charge in [-0.15, -0.1) is 0 Å². The smallest absolute Gasteiger partial charge is 0.407 e. The van der Waals surface area contributed by atoms with Crippen molar-refractivity contribution < 1.29 is 19.7 Å². The average Bonchev–Trinajstić information content (AvgIpc) is 3.51. The highest BCUT2D eigenvalue weighted by molar-refractivity contribution is 5.68. The summed E-state index contributed by atoms with van der Waals surface area (Å²) in [5.41, 5.74) is 2.13. The number of hydrogen-bond donors (Lipinski definition) is 4. The van der Waals surface area contributed by atoms with E-state index in [4.69, 9.17) is 4.74 Å². The maximum atomic E-state index is 12.5. The Morgan fingerprint density at radius 1 is 1.15 bits per heavy atom. The minimum atomic E-state index is -0.877. The van der Waals surface area contributed by atoms with E-state index in [-0.39, 0.29) is 23.2 Å². The summed E-state index contributed by atoms with van der Waals surface area (Å²) in [6.07, 6.45) is 2.62. The molecule has 1 saturated carbocycles. The van der Waals surface area contributed by atoms with Crippen molar-refractivity contribution in [3.8, 4) is 5.75 Å². The second-order valence-corrected chi connectivity index (χ2v) is 11.3. The second kappa shape index (κ2) is 9.92. The summed E-state index contributed by atoms with van der Waals surface area (Å²) >= 11 is 0. The Hall–Kier alpha value is -2.64. The molecular weight excluding hydrogens is 430 g/mol. The molecule has 2 atom stereocenters. The van der Waals surface area contributed by atoms with Crippen molar-refractivity contribution in [1.29, 1.82) is 0 Å². The van der Waals surface area contributed by atoms with Crippen LogP contribution in [0.5, 0.6) is 5.75 Å². The second-order valence-electron chi connectivity index (χ2n) is 11.3. The first-order valence-corrected chi connectivity index (χ1v) is 11.9.